The monoisotopic (exact) mass is 276 g/mol. The van der Waals surface area contributed by atoms with E-state index >= 15 is 0 Å². The Hall–Kier alpha value is -1.39. The Bertz CT molecular complexity index is 462. The molecule has 4 nitrogen and oxygen atoms in total. The number of carbonyl (C=O) groups is 1. The highest BCUT2D eigenvalue weighted by atomic mass is 16.5. The summed E-state index contributed by atoms with van der Waals surface area (Å²) in [6.07, 6.45) is 0.584. The molecular weight excluding hydrogens is 252 g/mol. The summed E-state index contributed by atoms with van der Waals surface area (Å²) < 4.78 is 5.70. The fraction of sp³-hybridized carbons (Fsp3) is 0.562. The van der Waals surface area contributed by atoms with Crippen molar-refractivity contribution in [1.82, 2.24) is 9.80 Å². The SMILES string of the molecule is Cc1cccc(CC(=O)N(C)CC2CN(C)CCO2)c1. The van der Waals surface area contributed by atoms with Gasteiger partial charge in [0.15, 0.2) is 0 Å². The molecule has 0 bridgehead atoms. The molecule has 1 atom stereocenters. The number of carbonyl (C=O) groups excluding carboxylic acids is 1. The average molecular weight is 276 g/mol. The highest BCUT2D eigenvalue weighted by molar-refractivity contribution is 5.78. The van der Waals surface area contributed by atoms with Gasteiger partial charge in [0.25, 0.3) is 0 Å². The van der Waals surface area contributed by atoms with Crippen LogP contribution in [0.15, 0.2) is 24.3 Å². The number of hydrogen-bond donors (Lipinski definition) is 0. The van der Waals surface area contributed by atoms with Crippen molar-refractivity contribution in [2.45, 2.75) is 19.4 Å². The second-order valence-corrected chi connectivity index (χ2v) is 5.70. The zero-order chi connectivity index (χ0) is 14.5. The summed E-state index contributed by atoms with van der Waals surface area (Å²) in [6, 6.07) is 8.11. The summed E-state index contributed by atoms with van der Waals surface area (Å²) in [5.74, 6) is 0.146. The van der Waals surface area contributed by atoms with Crippen LogP contribution in [0, 0.1) is 6.92 Å². The predicted molar refractivity (Wildman–Crippen MR) is 79.8 cm³/mol. The van der Waals surface area contributed by atoms with Gasteiger partial charge in [-0.3, -0.25) is 4.79 Å². The van der Waals surface area contributed by atoms with Gasteiger partial charge in [-0.1, -0.05) is 29.8 Å². The Morgan fingerprint density at radius 2 is 2.30 bits per heavy atom. The molecule has 1 saturated heterocycles. The Labute approximate surface area is 121 Å². The molecule has 1 heterocycles. The average Bonchev–Trinajstić information content (AvgIpc) is 2.38. The van der Waals surface area contributed by atoms with E-state index in [9.17, 15) is 4.79 Å². The van der Waals surface area contributed by atoms with Crippen LogP contribution < -0.4 is 0 Å². The molecule has 0 aliphatic carbocycles. The number of rotatable bonds is 4. The molecular formula is C16H24N2O2. The van der Waals surface area contributed by atoms with Crippen molar-refractivity contribution in [1.29, 1.82) is 0 Å². The minimum atomic E-state index is 0.125. The van der Waals surface area contributed by atoms with Crippen molar-refractivity contribution in [3.8, 4) is 0 Å². The molecule has 0 radical (unpaired) electrons. The minimum absolute atomic E-state index is 0.125. The van der Waals surface area contributed by atoms with E-state index in [1.807, 2.05) is 32.2 Å². The highest BCUT2D eigenvalue weighted by Gasteiger charge is 2.21. The van der Waals surface area contributed by atoms with Crippen LogP contribution in [0.5, 0.6) is 0 Å². The number of benzene rings is 1. The summed E-state index contributed by atoms with van der Waals surface area (Å²) >= 11 is 0. The lowest BCUT2D eigenvalue weighted by Gasteiger charge is -2.32. The highest BCUT2D eigenvalue weighted by Crippen LogP contribution is 2.08. The molecule has 1 unspecified atom stereocenters. The Kier molecular flexibility index (Phi) is 5.15. The third kappa shape index (κ3) is 4.32. The Morgan fingerprint density at radius 3 is 3.00 bits per heavy atom. The number of hydrogen-bond acceptors (Lipinski definition) is 3. The molecule has 0 spiro atoms. The quantitative estimate of drug-likeness (QED) is 0.831. The van der Waals surface area contributed by atoms with Crippen LogP contribution in [0.1, 0.15) is 11.1 Å². The first-order chi connectivity index (χ1) is 9.54. The molecule has 1 fully saturated rings. The van der Waals surface area contributed by atoms with Crippen molar-refractivity contribution in [2.24, 2.45) is 0 Å². The van der Waals surface area contributed by atoms with Crippen LogP contribution in [0.2, 0.25) is 0 Å². The van der Waals surface area contributed by atoms with Crippen molar-refractivity contribution >= 4 is 5.91 Å². The Balaban J connectivity index is 1.85. The van der Waals surface area contributed by atoms with Crippen LogP contribution >= 0.6 is 0 Å². The van der Waals surface area contributed by atoms with Gasteiger partial charge in [-0.25, -0.2) is 0 Å². The van der Waals surface area contributed by atoms with Gasteiger partial charge >= 0.3 is 0 Å². The largest absolute Gasteiger partial charge is 0.374 e. The first kappa shape index (κ1) is 15.0. The molecule has 0 saturated carbocycles. The molecule has 110 valence electrons. The summed E-state index contributed by atoms with van der Waals surface area (Å²) in [4.78, 5) is 16.3. The molecule has 1 aromatic carbocycles. The molecule has 0 N–H and O–H groups in total. The van der Waals surface area contributed by atoms with Gasteiger partial charge in [-0.15, -0.1) is 0 Å². The molecule has 1 aliphatic rings. The molecule has 0 aromatic heterocycles. The normalized spacial score (nSPS) is 19.9. The van der Waals surface area contributed by atoms with Gasteiger partial charge in [0.05, 0.1) is 19.1 Å². The van der Waals surface area contributed by atoms with Gasteiger partial charge in [0, 0.05) is 26.7 Å². The van der Waals surface area contributed by atoms with E-state index in [2.05, 4.69) is 18.0 Å². The Morgan fingerprint density at radius 1 is 1.50 bits per heavy atom. The summed E-state index contributed by atoms with van der Waals surface area (Å²) in [5.41, 5.74) is 2.26. The van der Waals surface area contributed by atoms with Crippen molar-refractivity contribution < 1.29 is 9.53 Å². The summed E-state index contributed by atoms with van der Waals surface area (Å²) in [5, 5.41) is 0. The second-order valence-electron chi connectivity index (χ2n) is 5.70. The van der Waals surface area contributed by atoms with E-state index in [-0.39, 0.29) is 12.0 Å². The van der Waals surface area contributed by atoms with Crippen LogP contribution in [-0.2, 0) is 16.0 Å². The lowest BCUT2D eigenvalue weighted by molar-refractivity contribution is -0.132. The first-order valence-corrected chi connectivity index (χ1v) is 7.14. The first-order valence-electron chi connectivity index (χ1n) is 7.14. The fourth-order valence-electron chi connectivity index (χ4n) is 2.52. The molecule has 1 aromatic rings. The molecule has 4 heteroatoms. The minimum Gasteiger partial charge on any atom is -0.374 e. The summed E-state index contributed by atoms with van der Waals surface area (Å²) in [6.45, 7) is 5.32. The van der Waals surface area contributed by atoms with Crippen LogP contribution in [0.4, 0.5) is 0 Å². The lowest BCUT2D eigenvalue weighted by atomic mass is 10.1. The zero-order valence-electron chi connectivity index (χ0n) is 12.6. The van der Waals surface area contributed by atoms with Gasteiger partial charge in [0.2, 0.25) is 5.91 Å². The van der Waals surface area contributed by atoms with Crippen LogP contribution in [0.3, 0.4) is 0 Å². The van der Waals surface area contributed by atoms with Crippen LogP contribution in [-0.4, -0.2) is 62.1 Å². The molecule has 1 aliphatic heterocycles. The lowest BCUT2D eigenvalue weighted by Crippen LogP contribution is -2.46. The third-order valence-electron chi connectivity index (χ3n) is 3.68. The maximum atomic E-state index is 12.2. The third-order valence-corrected chi connectivity index (χ3v) is 3.68. The van der Waals surface area contributed by atoms with Crippen molar-refractivity contribution in [3.63, 3.8) is 0 Å². The number of morpholine rings is 1. The number of aryl methyl sites for hydroxylation is 1. The number of ether oxygens (including phenoxy) is 1. The maximum Gasteiger partial charge on any atom is 0.226 e. The van der Waals surface area contributed by atoms with Gasteiger partial charge in [-0.05, 0) is 19.5 Å². The van der Waals surface area contributed by atoms with E-state index in [4.69, 9.17) is 4.74 Å². The van der Waals surface area contributed by atoms with E-state index < -0.39 is 0 Å². The standard InChI is InChI=1S/C16H24N2O2/c1-13-5-4-6-14(9-13)10-16(19)18(3)12-15-11-17(2)7-8-20-15/h4-6,9,15H,7-8,10-12H2,1-3H3. The zero-order valence-corrected chi connectivity index (χ0v) is 12.6. The van der Waals surface area contributed by atoms with E-state index in [0.717, 1.165) is 25.3 Å². The molecule has 20 heavy (non-hydrogen) atoms. The van der Waals surface area contributed by atoms with Gasteiger partial charge in [0.1, 0.15) is 0 Å². The topological polar surface area (TPSA) is 32.8 Å². The second kappa shape index (κ2) is 6.86. The van der Waals surface area contributed by atoms with Crippen molar-refractivity contribution in [2.75, 3.05) is 40.3 Å². The number of nitrogens with zero attached hydrogens (tertiary/aromatic N) is 2. The smallest absolute Gasteiger partial charge is 0.226 e. The van der Waals surface area contributed by atoms with E-state index in [1.165, 1.54) is 5.56 Å². The van der Waals surface area contributed by atoms with E-state index in [1.54, 1.807) is 4.90 Å². The fourth-order valence-corrected chi connectivity index (χ4v) is 2.52. The van der Waals surface area contributed by atoms with E-state index in [0.29, 0.717) is 13.0 Å². The molecule has 2 rings (SSSR count). The van der Waals surface area contributed by atoms with Crippen LogP contribution in [0.25, 0.3) is 0 Å². The predicted octanol–water partition coefficient (Wildman–Crippen LogP) is 1.33. The van der Waals surface area contributed by atoms with Crippen molar-refractivity contribution in [3.05, 3.63) is 35.4 Å². The number of likely N-dealkylation sites (N-methyl/N-ethyl adjacent to an activating group) is 2. The maximum absolute atomic E-state index is 12.2. The van der Waals surface area contributed by atoms with Gasteiger partial charge < -0.3 is 14.5 Å². The van der Waals surface area contributed by atoms with Gasteiger partial charge in [-0.2, -0.15) is 0 Å². The molecule has 1 amide bonds. The number of amides is 1. The summed E-state index contributed by atoms with van der Waals surface area (Å²) in [7, 11) is 3.94.